The van der Waals surface area contributed by atoms with E-state index in [1.165, 1.54) is 24.5 Å². The van der Waals surface area contributed by atoms with Gasteiger partial charge in [-0.15, -0.1) is 0 Å². The van der Waals surface area contributed by atoms with E-state index in [4.69, 9.17) is 10.5 Å². The van der Waals surface area contributed by atoms with Gasteiger partial charge in [-0.3, -0.25) is 24.4 Å². The van der Waals surface area contributed by atoms with E-state index in [-0.39, 0.29) is 23.3 Å². The zero-order valence-corrected chi connectivity index (χ0v) is 21.5. The Kier molecular flexibility index (Phi) is 7.68. The van der Waals surface area contributed by atoms with E-state index < -0.39 is 5.91 Å². The maximum absolute atomic E-state index is 13.1. The molecule has 12 heteroatoms. The molecule has 0 aliphatic rings. The molecule has 1 aromatic carbocycles. The number of benzene rings is 1. The van der Waals surface area contributed by atoms with Gasteiger partial charge < -0.3 is 20.4 Å². The van der Waals surface area contributed by atoms with E-state index in [0.717, 1.165) is 5.69 Å². The summed E-state index contributed by atoms with van der Waals surface area (Å²) in [5.41, 5.74) is 8.46. The van der Waals surface area contributed by atoms with Gasteiger partial charge in [0.15, 0.2) is 0 Å². The van der Waals surface area contributed by atoms with Crippen molar-refractivity contribution < 1.29 is 19.1 Å². The Labute approximate surface area is 216 Å². The summed E-state index contributed by atoms with van der Waals surface area (Å²) < 4.78 is 8.89. The van der Waals surface area contributed by atoms with Gasteiger partial charge >= 0.3 is 0 Å². The molecule has 0 aliphatic heterocycles. The fourth-order valence-electron chi connectivity index (χ4n) is 3.85. The molecule has 11 nitrogen and oxygen atoms in total. The van der Waals surface area contributed by atoms with Gasteiger partial charge in [-0.1, -0.05) is 12.2 Å². The number of primary amides is 1. The molecule has 192 valence electrons. The minimum Gasteiger partial charge on any atom is -0.494 e. The number of amides is 3. The molecule has 0 fully saturated rings. The minimum absolute atomic E-state index is 0.157. The highest BCUT2D eigenvalue weighted by Gasteiger charge is 2.21. The topological polar surface area (TPSA) is 146 Å². The molecule has 0 aliphatic carbocycles. The number of aryl methyl sites for hydroxylation is 2. The number of imidazole rings is 1. The van der Waals surface area contributed by atoms with Crippen LogP contribution in [0.1, 0.15) is 43.8 Å². The Balaban J connectivity index is 1.64. The number of carbonyl (C=O) groups is 3. The summed E-state index contributed by atoms with van der Waals surface area (Å²) >= 11 is 1.46. The van der Waals surface area contributed by atoms with Crippen molar-refractivity contribution in [3.05, 3.63) is 69.7 Å². The van der Waals surface area contributed by atoms with Gasteiger partial charge in [0.2, 0.25) is 11.9 Å². The molecule has 0 atom stereocenters. The number of methoxy groups -OCH3 is 1. The quantitative estimate of drug-likeness (QED) is 0.274. The van der Waals surface area contributed by atoms with Gasteiger partial charge in [0.1, 0.15) is 17.0 Å². The highest BCUT2D eigenvalue weighted by Crippen LogP contribution is 2.31. The summed E-state index contributed by atoms with van der Waals surface area (Å²) in [4.78, 5) is 41.7. The number of fused-ring (bicyclic) bond motifs is 1. The van der Waals surface area contributed by atoms with Gasteiger partial charge in [-0.25, -0.2) is 4.98 Å². The Hall–Kier alpha value is -4.45. The number of hydrogen-bond acceptors (Lipinski definition) is 7. The first kappa shape index (κ1) is 25.6. The number of nitrogens with zero attached hydrogens (tertiary/aromatic N) is 4. The average molecular weight is 522 g/mol. The lowest BCUT2D eigenvalue weighted by molar-refractivity contribution is 0.0956. The third kappa shape index (κ3) is 5.54. The molecule has 0 saturated heterocycles. The fraction of sp³-hybridized carbons (Fsp3) is 0.240. The van der Waals surface area contributed by atoms with E-state index in [0.29, 0.717) is 47.7 Å². The second-order valence-electron chi connectivity index (χ2n) is 8.09. The molecule has 37 heavy (non-hydrogen) atoms. The van der Waals surface area contributed by atoms with Gasteiger partial charge in [-0.2, -0.15) is 16.4 Å². The lowest BCUT2D eigenvalue weighted by Crippen LogP contribution is -2.22. The van der Waals surface area contributed by atoms with Crippen LogP contribution in [-0.4, -0.2) is 50.7 Å². The summed E-state index contributed by atoms with van der Waals surface area (Å²) in [6.45, 7) is 4.87. The molecule has 4 N–H and O–H groups in total. The summed E-state index contributed by atoms with van der Waals surface area (Å²) in [5, 5.41) is 13.6. The molecule has 0 radical (unpaired) electrons. The van der Waals surface area contributed by atoms with Crippen LogP contribution in [-0.2, 0) is 13.1 Å². The lowest BCUT2D eigenvalue weighted by Gasteiger charge is -2.11. The Morgan fingerprint density at radius 3 is 2.65 bits per heavy atom. The first-order valence-corrected chi connectivity index (χ1v) is 12.5. The van der Waals surface area contributed by atoms with Crippen molar-refractivity contribution in [3.8, 4) is 5.75 Å². The van der Waals surface area contributed by atoms with E-state index in [9.17, 15) is 14.4 Å². The molecule has 0 unspecified atom stereocenters. The lowest BCUT2D eigenvalue weighted by atomic mass is 10.1. The van der Waals surface area contributed by atoms with Crippen molar-refractivity contribution >= 4 is 46.0 Å². The van der Waals surface area contributed by atoms with Gasteiger partial charge in [-0.05, 0) is 43.5 Å². The molecule has 0 bridgehead atoms. The van der Waals surface area contributed by atoms with Crippen molar-refractivity contribution in [1.29, 1.82) is 0 Å². The van der Waals surface area contributed by atoms with Crippen LogP contribution < -0.4 is 21.1 Å². The highest BCUT2D eigenvalue weighted by atomic mass is 32.1. The van der Waals surface area contributed by atoms with Crippen LogP contribution in [0.4, 0.5) is 5.95 Å². The Bertz CT molecular complexity index is 1480. The smallest absolute Gasteiger partial charge is 0.276 e. The third-order valence-electron chi connectivity index (χ3n) is 5.59. The summed E-state index contributed by atoms with van der Waals surface area (Å²) in [6.07, 6.45) is 3.65. The van der Waals surface area contributed by atoms with E-state index in [1.54, 1.807) is 32.8 Å². The number of anilines is 1. The maximum atomic E-state index is 13.1. The monoisotopic (exact) mass is 521 g/mol. The fourth-order valence-corrected chi connectivity index (χ4v) is 4.48. The van der Waals surface area contributed by atoms with Crippen molar-refractivity contribution in [1.82, 2.24) is 24.6 Å². The summed E-state index contributed by atoms with van der Waals surface area (Å²) in [6, 6.07) is 6.55. The number of carbonyl (C=O) groups excluding carboxylic acids is 3. The number of ether oxygens (including phenoxy) is 1. The summed E-state index contributed by atoms with van der Waals surface area (Å²) in [7, 11) is 1.48. The molecular formula is C25H27N7O4S. The zero-order valence-electron chi connectivity index (χ0n) is 20.6. The molecule has 4 rings (SSSR count). The van der Waals surface area contributed by atoms with Gasteiger partial charge in [0.25, 0.3) is 11.8 Å². The second kappa shape index (κ2) is 11.1. The van der Waals surface area contributed by atoms with Crippen LogP contribution in [0.2, 0.25) is 0 Å². The van der Waals surface area contributed by atoms with Gasteiger partial charge in [0, 0.05) is 36.1 Å². The first-order valence-electron chi connectivity index (χ1n) is 11.5. The number of allylic oxidation sites excluding steroid dienone is 1. The van der Waals surface area contributed by atoms with Crippen LogP contribution >= 0.6 is 11.3 Å². The van der Waals surface area contributed by atoms with E-state index in [1.807, 2.05) is 31.4 Å². The van der Waals surface area contributed by atoms with Crippen LogP contribution in [0.5, 0.6) is 5.75 Å². The van der Waals surface area contributed by atoms with Crippen LogP contribution in [0.3, 0.4) is 0 Å². The summed E-state index contributed by atoms with van der Waals surface area (Å²) in [5.74, 6) is -0.513. The molecule has 4 aromatic rings. The Morgan fingerprint density at radius 1 is 1.16 bits per heavy atom. The van der Waals surface area contributed by atoms with E-state index in [2.05, 4.69) is 20.7 Å². The number of nitrogens with two attached hydrogens (primary N) is 1. The maximum Gasteiger partial charge on any atom is 0.276 e. The predicted octanol–water partition coefficient (Wildman–Crippen LogP) is 2.97. The van der Waals surface area contributed by atoms with Crippen molar-refractivity contribution in [2.24, 2.45) is 5.73 Å². The number of rotatable bonds is 10. The molecule has 0 saturated carbocycles. The molecule has 3 aromatic heterocycles. The molecular weight excluding hydrogens is 494 g/mol. The standard InChI is InChI=1S/C25H27N7O4S/c1-4-32-19(11-15(2)30-32)24(35)29-25-28-18-12-17(22(26)33)13-20(36-3)21(18)31(25)9-6-5-8-27-23(34)16-7-10-37-14-16/h5-7,10-14H,4,8-9H2,1-3H3,(H2,26,33)(H,27,34)(H,28,29,35)/b6-5+. The normalized spacial score (nSPS) is 11.2. The number of thiophene rings is 1. The first-order chi connectivity index (χ1) is 17.8. The van der Waals surface area contributed by atoms with Crippen molar-refractivity contribution in [2.45, 2.75) is 26.9 Å². The SMILES string of the molecule is CCn1nc(C)cc1C(=O)Nc1nc2cc(C(N)=O)cc(OC)c2n1C/C=C/CNC(=O)c1ccsc1. The molecule has 3 heterocycles. The zero-order chi connectivity index (χ0) is 26.5. The molecule has 3 amide bonds. The van der Waals surface area contributed by atoms with Crippen LogP contribution in [0.15, 0.2) is 47.2 Å². The van der Waals surface area contributed by atoms with Gasteiger partial charge in [0.05, 0.1) is 18.3 Å². The van der Waals surface area contributed by atoms with Crippen molar-refractivity contribution in [2.75, 3.05) is 19.0 Å². The highest BCUT2D eigenvalue weighted by molar-refractivity contribution is 7.08. The number of nitrogens with one attached hydrogen (secondary N) is 2. The Morgan fingerprint density at radius 2 is 1.97 bits per heavy atom. The van der Waals surface area contributed by atoms with Crippen molar-refractivity contribution in [3.63, 3.8) is 0 Å². The average Bonchev–Trinajstić information content (AvgIpc) is 3.62. The van der Waals surface area contributed by atoms with E-state index >= 15 is 0 Å². The third-order valence-corrected chi connectivity index (χ3v) is 6.27. The minimum atomic E-state index is -0.621. The molecule has 0 spiro atoms. The largest absolute Gasteiger partial charge is 0.494 e. The van der Waals surface area contributed by atoms with Crippen LogP contribution in [0.25, 0.3) is 11.0 Å². The second-order valence-corrected chi connectivity index (χ2v) is 8.87. The predicted molar refractivity (Wildman–Crippen MR) is 141 cm³/mol. The van der Waals surface area contributed by atoms with Crippen LogP contribution in [0, 0.1) is 6.92 Å². The number of aromatic nitrogens is 4. The number of hydrogen-bond donors (Lipinski definition) is 3.